The molecule has 0 radical (unpaired) electrons. The van der Waals surface area contributed by atoms with Crippen LogP contribution in [-0.4, -0.2) is 40.6 Å². The molecule has 3 rings (SSSR count). The van der Waals surface area contributed by atoms with E-state index in [-0.39, 0.29) is 0 Å². The van der Waals surface area contributed by atoms with E-state index >= 15 is 0 Å². The molecule has 0 amide bonds. The minimum absolute atomic E-state index is 0.598. The number of rotatable bonds is 6. The molecule has 2 heterocycles. The lowest BCUT2D eigenvalue weighted by molar-refractivity contribution is 0.739. The van der Waals surface area contributed by atoms with E-state index in [2.05, 4.69) is 43.5 Å². The zero-order valence-electron chi connectivity index (χ0n) is 15.0. The Kier molecular flexibility index (Phi) is 5.86. The van der Waals surface area contributed by atoms with Crippen molar-refractivity contribution in [2.45, 2.75) is 42.7 Å². The van der Waals surface area contributed by atoms with Gasteiger partial charge in [-0.25, -0.2) is 0 Å². The highest BCUT2D eigenvalue weighted by molar-refractivity contribution is 7.99. The van der Waals surface area contributed by atoms with Crippen molar-refractivity contribution < 1.29 is 0 Å². The number of hydrogen-bond donors (Lipinski definition) is 1. The van der Waals surface area contributed by atoms with Crippen LogP contribution in [0.4, 0.5) is 11.9 Å². The van der Waals surface area contributed by atoms with E-state index in [0.29, 0.717) is 17.1 Å². The molecule has 0 saturated heterocycles. The molecule has 2 aromatic rings. The average molecular weight is 356 g/mol. The predicted octanol–water partition coefficient (Wildman–Crippen LogP) is 3.87. The van der Waals surface area contributed by atoms with Crippen LogP contribution in [0.2, 0.25) is 0 Å². The molecular weight excluding hydrogens is 332 g/mol. The normalized spacial score (nSPS) is 14.1. The molecule has 0 aliphatic heterocycles. The van der Waals surface area contributed by atoms with Gasteiger partial charge < -0.3 is 10.2 Å². The van der Waals surface area contributed by atoms with E-state index in [0.717, 1.165) is 23.6 Å². The van der Waals surface area contributed by atoms with Crippen molar-refractivity contribution in [1.29, 1.82) is 0 Å². The number of allylic oxidation sites excluding steroid dienone is 2. The van der Waals surface area contributed by atoms with Gasteiger partial charge >= 0.3 is 0 Å². The Morgan fingerprint density at radius 1 is 1.16 bits per heavy atom. The standard InChI is InChI=1S/C18H24N6S/c1-4-19-16-21-17(24(2)3)23-18(22-16)25-14-10-11-15(20-12-14)13-8-6-5-7-9-13/h8,10-12H,4-7,9H2,1-3H3,(H,19,21,22,23). The summed E-state index contributed by atoms with van der Waals surface area (Å²) in [6, 6.07) is 4.19. The summed E-state index contributed by atoms with van der Waals surface area (Å²) < 4.78 is 0. The van der Waals surface area contributed by atoms with Gasteiger partial charge in [0.1, 0.15) is 0 Å². The van der Waals surface area contributed by atoms with Crippen molar-refractivity contribution in [2.75, 3.05) is 30.9 Å². The first-order valence-corrected chi connectivity index (χ1v) is 9.48. The van der Waals surface area contributed by atoms with Crippen molar-refractivity contribution in [3.8, 4) is 0 Å². The number of nitrogens with one attached hydrogen (secondary N) is 1. The molecular formula is C18H24N6S. The number of anilines is 2. The van der Waals surface area contributed by atoms with Crippen LogP contribution >= 0.6 is 11.8 Å². The third-order valence-electron chi connectivity index (χ3n) is 3.90. The minimum atomic E-state index is 0.598. The quantitative estimate of drug-likeness (QED) is 0.842. The maximum absolute atomic E-state index is 4.63. The van der Waals surface area contributed by atoms with Crippen LogP contribution < -0.4 is 10.2 Å². The monoisotopic (exact) mass is 356 g/mol. The molecule has 1 aliphatic carbocycles. The summed E-state index contributed by atoms with van der Waals surface area (Å²) in [5.74, 6) is 1.24. The van der Waals surface area contributed by atoms with E-state index < -0.39 is 0 Å². The molecule has 6 nitrogen and oxygen atoms in total. The molecule has 0 bridgehead atoms. The number of pyridine rings is 1. The first-order chi connectivity index (χ1) is 12.2. The van der Waals surface area contributed by atoms with Gasteiger partial charge in [-0.15, -0.1) is 0 Å². The SMILES string of the molecule is CCNc1nc(Sc2ccc(C3=CCCCC3)nc2)nc(N(C)C)n1. The highest BCUT2D eigenvalue weighted by Gasteiger charge is 2.11. The first-order valence-electron chi connectivity index (χ1n) is 8.66. The van der Waals surface area contributed by atoms with Gasteiger partial charge in [-0.05, 0) is 62.1 Å². The highest BCUT2D eigenvalue weighted by Crippen LogP contribution is 2.29. The van der Waals surface area contributed by atoms with Crippen LogP contribution in [0.25, 0.3) is 5.57 Å². The molecule has 7 heteroatoms. The second-order valence-corrected chi connectivity index (χ2v) is 7.16. The largest absolute Gasteiger partial charge is 0.354 e. The third kappa shape index (κ3) is 4.69. The number of hydrogen-bond acceptors (Lipinski definition) is 7. The molecule has 0 unspecified atom stereocenters. The van der Waals surface area contributed by atoms with Gasteiger partial charge in [0, 0.05) is 31.7 Å². The Labute approximate surface area is 153 Å². The van der Waals surface area contributed by atoms with E-state index in [1.54, 1.807) is 0 Å². The molecule has 132 valence electrons. The highest BCUT2D eigenvalue weighted by atomic mass is 32.2. The number of nitrogens with zero attached hydrogens (tertiary/aromatic N) is 5. The maximum atomic E-state index is 4.63. The summed E-state index contributed by atoms with van der Waals surface area (Å²) >= 11 is 1.50. The van der Waals surface area contributed by atoms with Crippen LogP contribution in [0.3, 0.4) is 0 Å². The molecule has 2 aromatic heterocycles. The van der Waals surface area contributed by atoms with Crippen LogP contribution in [0, 0.1) is 0 Å². The van der Waals surface area contributed by atoms with Gasteiger partial charge in [-0.3, -0.25) is 4.98 Å². The van der Waals surface area contributed by atoms with E-state index in [1.807, 2.05) is 32.1 Å². The van der Waals surface area contributed by atoms with Crippen molar-refractivity contribution in [3.63, 3.8) is 0 Å². The maximum Gasteiger partial charge on any atom is 0.230 e. The summed E-state index contributed by atoms with van der Waals surface area (Å²) in [5, 5.41) is 3.82. The van der Waals surface area contributed by atoms with Crippen molar-refractivity contribution in [2.24, 2.45) is 0 Å². The zero-order valence-corrected chi connectivity index (χ0v) is 15.8. The fourth-order valence-electron chi connectivity index (χ4n) is 2.64. The summed E-state index contributed by atoms with van der Waals surface area (Å²) in [7, 11) is 3.85. The molecule has 0 spiro atoms. The van der Waals surface area contributed by atoms with Gasteiger partial charge in [0.05, 0.1) is 5.69 Å². The summed E-state index contributed by atoms with van der Waals surface area (Å²) in [4.78, 5) is 20.9. The van der Waals surface area contributed by atoms with Crippen molar-refractivity contribution in [3.05, 3.63) is 30.1 Å². The molecule has 0 aromatic carbocycles. The van der Waals surface area contributed by atoms with Gasteiger partial charge in [-0.2, -0.15) is 15.0 Å². The molecule has 0 saturated carbocycles. The fraction of sp³-hybridized carbons (Fsp3) is 0.444. The van der Waals surface area contributed by atoms with Crippen LogP contribution in [0.1, 0.15) is 38.3 Å². The topological polar surface area (TPSA) is 66.8 Å². The lowest BCUT2D eigenvalue weighted by Crippen LogP contribution is -2.15. The molecule has 0 atom stereocenters. The third-order valence-corrected chi connectivity index (χ3v) is 4.75. The van der Waals surface area contributed by atoms with Gasteiger partial charge in [0.15, 0.2) is 5.16 Å². The Balaban J connectivity index is 1.78. The van der Waals surface area contributed by atoms with Crippen LogP contribution in [0.5, 0.6) is 0 Å². The molecule has 0 fully saturated rings. The molecule has 1 aliphatic rings. The van der Waals surface area contributed by atoms with Crippen LogP contribution in [0.15, 0.2) is 34.5 Å². The first kappa shape index (κ1) is 17.7. The predicted molar refractivity (Wildman–Crippen MR) is 103 cm³/mol. The summed E-state index contributed by atoms with van der Waals surface area (Å²) in [5.41, 5.74) is 2.45. The molecule has 1 N–H and O–H groups in total. The summed E-state index contributed by atoms with van der Waals surface area (Å²) in [6.07, 6.45) is 9.07. The lowest BCUT2D eigenvalue weighted by Gasteiger charge is -2.13. The Hall–Kier alpha value is -2.15. The fourth-order valence-corrected chi connectivity index (χ4v) is 3.35. The second-order valence-electron chi connectivity index (χ2n) is 6.12. The van der Waals surface area contributed by atoms with Crippen molar-refractivity contribution in [1.82, 2.24) is 19.9 Å². The van der Waals surface area contributed by atoms with Gasteiger partial charge in [0.25, 0.3) is 0 Å². The Bertz CT molecular complexity index is 742. The van der Waals surface area contributed by atoms with Crippen LogP contribution in [-0.2, 0) is 0 Å². The number of aromatic nitrogens is 4. The zero-order chi connectivity index (χ0) is 17.6. The Morgan fingerprint density at radius 3 is 2.68 bits per heavy atom. The van der Waals surface area contributed by atoms with Gasteiger partial charge in [0.2, 0.25) is 11.9 Å². The van der Waals surface area contributed by atoms with E-state index in [1.165, 1.54) is 36.6 Å². The van der Waals surface area contributed by atoms with Crippen molar-refractivity contribution >= 4 is 29.2 Å². The van der Waals surface area contributed by atoms with E-state index in [4.69, 9.17) is 0 Å². The van der Waals surface area contributed by atoms with E-state index in [9.17, 15) is 0 Å². The lowest BCUT2D eigenvalue weighted by atomic mass is 9.97. The summed E-state index contributed by atoms with van der Waals surface area (Å²) in [6.45, 7) is 2.79. The second kappa shape index (κ2) is 8.29. The average Bonchev–Trinajstić information content (AvgIpc) is 2.63. The van der Waals surface area contributed by atoms with Gasteiger partial charge in [-0.1, -0.05) is 6.08 Å². The Morgan fingerprint density at radius 2 is 2.04 bits per heavy atom. The smallest absolute Gasteiger partial charge is 0.230 e. The molecule has 25 heavy (non-hydrogen) atoms. The minimum Gasteiger partial charge on any atom is -0.354 e.